The van der Waals surface area contributed by atoms with Crippen molar-refractivity contribution in [1.82, 2.24) is 15.1 Å². The lowest BCUT2D eigenvalue weighted by Gasteiger charge is -2.36. The van der Waals surface area contributed by atoms with Crippen LogP contribution in [0.1, 0.15) is 51.0 Å². The molecule has 0 unspecified atom stereocenters. The monoisotopic (exact) mass is 581 g/mol. The van der Waals surface area contributed by atoms with E-state index in [0.29, 0.717) is 34.5 Å². The summed E-state index contributed by atoms with van der Waals surface area (Å²) < 4.78 is 21.1. The topological polar surface area (TPSA) is 106 Å². The van der Waals surface area contributed by atoms with Crippen molar-refractivity contribution in [3.05, 3.63) is 93.8 Å². The van der Waals surface area contributed by atoms with Crippen molar-refractivity contribution in [2.75, 3.05) is 31.1 Å². The Balaban J connectivity index is 1.05. The number of piperidine rings is 1. The molecule has 9 nitrogen and oxygen atoms in total. The lowest BCUT2D eigenvalue weighted by Crippen LogP contribution is -2.52. The normalized spacial score (nSPS) is 18.8. The minimum Gasteiger partial charge on any atom is -0.488 e. The number of imide groups is 1. The Hall–Kier alpha value is -4.75. The highest BCUT2D eigenvalue weighted by Crippen LogP contribution is 2.34. The van der Waals surface area contributed by atoms with E-state index in [-0.39, 0.29) is 43.6 Å². The van der Waals surface area contributed by atoms with Crippen LogP contribution in [-0.2, 0) is 29.3 Å². The zero-order valence-corrected chi connectivity index (χ0v) is 23.9. The number of amides is 3. The van der Waals surface area contributed by atoms with Crippen LogP contribution in [0.15, 0.2) is 54.6 Å². The van der Waals surface area contributed by atoms with Crippen LogP contribution < -0.4 is 15.0 Å². The van der Waals surface area contributed by atoms with E-state index in [1.165, 1.54) is 4.90 Å². The summed E-state index contributed by atoms with van der Waals surface area (Å²) in [5.74, 6) is -0.957. The van der Waals surface area contributed by atoms with E-state index < -0.39 is 11.9 Å². The molecule has 43 heavy (non-hydrogen) atoms. The van der Waals surface area contributed by atoms with Crippen LogP contribution in [-0.4, -0.2) is 59.7 Å². The predicted molar refractivity (Wildman–Crippen MR) is 157 cm³/mol. The Labute approximate surface area is 249 Å². The van der Waals surface area contributed by atoms with Crippen LogP contribution >= 0.6 is 0 Å². The van der Waals surface area contributed by atoms with Gasteiger partial charge in [-0.05, 0) is 60.9 Å². The molecule has 2 fully saturated rings. The molecule has 0 saturated carbocycles. The fraction of sp³-hybridized carbons (Fsp3) is 0.333. The van der Waals surface area contributed by atoms with E-state index in [1.54, 1.807) is 30.3 Å². The number of halogens is 1. The Morgan fingerprint density at radius 1 is 1.05 bits per heavy atom. The Morgan fingerprint density at radius 2 is 1.86 bits per heavy atom. The molecule has 3 aromatic rings. The number of carbonyl (C=O) groups is 3. The predicted octanol–water partition coefficient (Wildman–Crippen LogP) is 3.67. The van der Waals surface area contributed by atoms with Crippen LogP contribution in [0.4, 0.5) is 10.1 Å². The number of carbonyl (C=O) groups excluding carboxylic acids is 3. The molecular weight excluding hydrogens is 549 g/mol. The van der Waals surface area contributed by atoms with Crippen molar-refractivity contribution in [1.29, 1.82) is 5.26 Å². The molecule has 0 bridgehead atoms. The van der Waals surface area contributed by atoms with Crippen LogP contribution in [0.5, 0.6) is 5.75 Å². The largest absolute Gasteiger partial charge is 0.488 e. The number of aryl methyl sites for hydroxylation is 1. The molecule has 3 amide bonds. The SMILES string of the molecule is Cc1cc(N2CCN(Cc3ccc(COc4cccc5c4CN([C@H]4CCC(=O)NC4=O)C5=O)c(F)c3)CC2)ccc1C#N. The molecule has 3 heterocycles. The van der Waals surface area contributed by atoms with Crippen molar-refractivity contribution in [2.24, 2.45) is 0 Å². The van der Waals surface area contributed by atoms with Gasteiger partial charge in [-0.2, -0.15) is 5.26 Å². The Kier molecular flexibility index (Phi) is 7.82. The third-order valence-electron chi connectivity index (χ3n) is 8.51. The van der Waals surface area contributed by atoms with Gasteiger partial charge in [-0.3, -0.25) is 24.6 Å². The van der Waals surface area contributed by atoms with Crippen molar-refractivity contribution < 1.29 is 23.5 Å². The van der Waals surface area contributed by atoms with Gasteiger partial charge in [-0.1, -0.05) is 18.2 Å². The molecule has 10 heteroatoms. The number of anilines is 1. The number of nitrogens with one attached hydrogen (secondary N) is 1. The molecule has 0 radical (unpaired) electrons. The maximum atomic E-state index is 15.1. The van der Waals surface area contributed by atoms with E-state index in [9.17, 15) is 19.6 Å². The Morgan fingerprint density at radius 3 is 2.58 bits per heavy atom. The number of nitriles is 1. The Bertz CT molecular complexity index is 1640. The lowest BCUT2D eigenvalue weighted by molar-refractivity contribution is -0.136. The number of hydrogen-bond acceptors (Lipinski definition) is 7. The number of benzene rings is 3. The first-order valence-electron chi connectivity index (χ1n) is 14.5. The average Bonchev–Trinajstić information content (AvgIpc) is 3.33. The number of rotatable bonds is 7. The number of piperazine rings is 1. The van der Waals surface area contributed by atoms with Gasteiger partial charge in [0.1, 0.15) is 24.2 Å². The molecule has 3 aliphatic rings. The highest BCUT2D eigenvalue weighted by atomic mass is 19.1. The quantitative estimate of drug-likeness (QED) is 0.425. The highest BCUT2D eigenvalue weighted by Gasteiger charge is 2.40. The molecule has 0 spiro atoms. The number of hydrogen-bond donors (Lipinski definition) is 1. The first-order chi connectivity index (χ1) is 20.8. The van der Waals surface area contributed by atoms with Gasteiger partial charge in [0.05, 0.1) is 18.2 Å². The zero-order chi connectivity index (χ0) is 30.1. The van der Waals surface area contributed by atoms with Crippen LogP contribution in [0.2, 0.25) is 0 Å². The van der Waals surface area contributed by atoms with Crippen LogP contribution in [0, 0.1) is 24.1 Å². The minimum atomic E-state index is -0.710. The van der Waals surface area contributed by atoms with Crippen molar-refractivity contribution in [2.45, 2.75) is 45.5 Å². The van der Waals surface area contributed by atoms with E-state index >= 15 is 4.39 Å². The summed E-state index contributed by atoms with van der Waals surface area (Å²) in [5.41, 5.74) is 5.18. The summed E-state index contributed by atoms with van der Waals surface area (Å²) in [6, 6.07) is 17.8. The summed E-state index contributed by atoms with van der Waals surface area (Å²) in [6.07, 6.45) is 0.467. The van der Waals surface area contributed by atoms with Gasteiger partial charge in [0.15, 0.2) is 0 Å². The maximum absolute atomic E-state index is 15.1. The summed E-state index contributed by atoms with van der Waals surface area (Å²) in [7, 11) is 0. The van der Waals surface area contributed by atoms with Crippen molar-refractivity contribution >= 4 is 23.4 Å². The number of nitrogens with zero attached hydrogens (tertiary/aromatic N) is 4. The average molecular weight is 582 g/mol. The van der Waals surface area contributed by atoms with Gasteiger partial charge in [0, 0.05) is 61.5 Å². The molecule has 1 N–H and O–H groups in total. The van der Waals surface area contributed by atoms with Crippen LogP contribution in [0.25, 0.3) is 0 Å². The smallest absolute Gasteiger partial charge is 0.255 e. The molecule has 3 aliphatic heterocycles. The molecular formula is C33H32FN5O4. The van der Waals surface area contributed by atoms with Crippen molar-refractivity contribution in [3.8, 4) is 11.8 Å². The zero-order valence-electron chi connectivity index (χ0n) is 23.9. The summed E-state index contributed by atoms with van der Waals surface area (Å²) in [4.78, 5) is 43.1. The summed E-state index contributed by atoms with van der Waals surface area (Å²) in [6.45, 7) is 6.18. The highest BCUT2D eigenvalue weighted by molar-refractivity contribution is 6.05. The molecule has 6 rings (SSSR count). The van der Waals surface area contributed by atoms with E-state index in [4.69, 9.17) is 4.74 Å². The van der Waals surface area contributed by atoms with Gasteiger partial charge in [-0.25, -0.2) is 4.39 Å². The van der Waals surface area contributed by atoms with Crippen molar-refractivity contribution in [3.63, 3.8) is 0 Å². The number of fused-ring (bicyclic) bond motifs is 1. The lowest BCUT2D eigenvalue weighted by atomic mass is 10.0. The second-order valence-corrected chi connectivity index (χ2v) is 11.3. The fourth-order valence-electron chi connectivity index (χ4n) is 6.05. The molecule has 0 aromatic heterocycles. The summed E-state index contributed by atoms with van der Waals surface area (Å²) >= 11 is 0. The molecule has 1 atom stereocenters. The van der Waals surface area contributed by atoms with E-state index in [0.717, 1.165) is 43.0 Å². The fourth-order valence-corrected chi connectivity index (χ4v) is 6.05. The van der Waals surface area contributed by atoms with Gasteiger partial charge in [0.25, 0.3) is 5.91 Å². The standard InChI is InChI=1S/C33H32FN5O4/c1-21-15-25(8-7-23(21)17-35)38-13-11-37(12-14-38)18-22-5-6-24(28(34)16-22)20-43-30-4-2-3-26-27(30)19-39(33(26)42)29-9-10-31(40)36-32(29)41/h2-8,15-16,29H,9-14,18-20H2,1H3,(H,36,40,41)/t29-/m0/s1. The molecule has 0 aliphatic carbocycles. The minimum absolute atomic E-state index is 0.00213. The first-order valence-corrected chi connectivity index (χ1v) is 14.5. The number of ether oxygens (including phenoxy) is 1. The second kappa shape index (κ2) is 11.9. The third kappa shape index (κ3) is 5.81. The van der Waals surface area contributed by atoms with Crippen LogP contribution in [0.3, 0.4) is 0 Å². The second-order valence-electron chi connectivity index (χ2n) is 11.3. The van der Waals surface area contributed by atoms with Gasteiger partial charge < -0.3 is 14.5 Å². The summed E-state index contributed by atoms with van der Waals surface area (Å²) in [5, 5.41) is 11.5. The van der Waals surface area contributed by atoms with Gasteiger partial charge in [0.2, 0.25) is 11.8 Å². The van der Waals surface area contributed by atoms with Gasteiger partial charge in [-0.15, -0.1) is 0 Å². The maximum Gasteiger partial charge on any atom is 0.255 e. The van der Waals surface area contributed by atoms with Gasteiger partial charge >= 0.3 is 0 Å². The first kappa shape index (κ1) is 28.4. The molecule has 2 saturated heterocycles. The van der Waals surface area contributed by atoms with E-state index in [1.807, 2.05) is 25.1 Å². The molecule has 3 aromatic carbocycles. The van der Waals surface area contributed by atoms with E-state index in [2.05, 4.69) is 27.3 Å². The third-order valence-corrected chi connectivity index (χ3v) is 8.51. The molecule has 220 valence electrons.